The highest BCUT2D eigenvalue weighted by atomic mass is 16.2. The summed E-state index contributed by atoms with van der Waals surface area (Å²) in [6.45, 7) is 10.2. The van der Waals surface area contributed by atoms with E-state index in [1.54, 1.807) is 7.05 Å². The second kappa shape index (κ2) is 5.89. The lowest BCUT2D eigenvalue weighted by Gasteiger charge is -2.35. The van der Waals surface area contributed by atoms with Crippen LogP contribution in [0.25, 0.3) is 0 Å². The summed E-state index contributed by atoms with van der Waals surface area (Å²) < 4.78 is 0. The summed E-state index contributed by atoms with van der Waals surface area (Å²) in [5.74, 6) is -0.0370. The fourth-order valence-electron chi connectivity index (χ4n) is 2.19. The Kier molecular flexibility index (Phi) is 5.45. The number of amides is 3. The fourth-order valence-corrected chi connectivity index (χ4v) is 2.19. The first-order valence-electron chi connectivity index (χ1n) is 5.82. The third-order valence-corrected chi connectivity index (χ3v) is 2.39. The van der Waals surface area contributed by atoms with Gasteiger partial charge in [-0.3, -0.25) is 4.79 Å². The van der Waals surface area contributed by atoms with Crippen LogP contribution in [0.4, 0.5) is 4.79 Å². The number of carbonyl (C=O) groups excluding carboxylic acids is 2. The van der Waals surface area contributed by atoms with Crippen molar-refractivity contribution in [3.8, 4) is 0 Å². The molecule has 0 aromatic rings. The fraction of sp³-hybridized carbons (Fsp3) is 0.833. The van der Waals surface area contributed by atoms with Crippen LogP contribution in [0.3, 0.4) is 0 Å². The van der Waals surface area contributed by atoms with Gasteiger partial charge in [-0.2, -0.15) is 0 Å². The number of hydrogen-bond acceptors (Lipinski definition) is 2. The molecule has 100 valence electrons. The van der Waals surface area contributed by atoms with Gasteiger partial charge in [-0.05, 0) is 25.7 Å². The molecule has 0 saturated heterocycles. The number of hydrogen-bond donors (Lipinski definition) is 3. The number of urea groups is 1. The standard InChI is InChI=1S/C12H25N3O2/c1-9(16)15-12(4,5)7-11(2,3)8-14-10(17)13-6/h7-8H2,1-6H3,(H,15,16)(H2,13,14,17). The molecule has 0 rings (SSSR count). The molecule has 17 heavy (non-hydrogen) atoms. The summed E-state index contributed by atoms with van der Waals surface area (Å²) in [7, 11) is 1.59. The van der Waals surface area contributed by atoms with E-state index in [0.717, 1.165) is 6.42 Å². The van der Waals surface area contributed by atoms with Crippen molar-refractivity contribution in [2.45, 2.75) is 46.6 Å². The Labute approximate surface area is 104 Å². The molecule has 0 aliphatic heterocycles. The van der Waals surface area contributed by atoms with Crippen molar-refractivity contribution in [2.75, 3.05) is 13.6 Å². The van der Waals surface area contributed by atoms with Crippen LogP contribution in [0.2, 0.25) is 0 Å². The Morgan fingerprint density at radius 3 is 2.06 bits per heavy atom. The smallest absolute Gasteiger partial charge is 0.314 e. The van der Waals surface area contributed by atoms with E-state index in [9.17, 15) is 9.59 Å². The summed E-state index contributed by atoms with van der Waals surface area (Å²) >= 11 is 0. The van der Waals surface area contributed by atoms with E-state index >= 15 is 0 Å². The molecule has 3 amide bonds. The molecule has 0 atom stereocenters. The molecule has 0 unspecified atom stereocenters. The first-order valence-corrected chi connectivity index (χ1v) is 5.82. The van der Waals surface area contributed by atoms with E-state index in [4.69, 9.17) is 0 Å². The van der Waals surface area contributed by atoms with Crippen LogP contribution >= 0.6 is 0 Å². The molecule has 0 bridgehead atoms. The Balaban J connectivity index is 4.32. The zero-order chi connectivity index (χ0) is 13.7. The molecular formula is C12H25N3O2. The molecule has 0 aromatic carbocycles. The van der Waals surface area contributed by atoms with Crippen LogP contribution in [-0.4, -0.2) is 31.1 Å². The van der Waals surface area contributed by atoms with E-state index < -0.39 is 0 Å². The maximum Gasteiger partial charge on any atom is 0.314 e. The maximum atomic E-state index is 11.1. The molecule has 3 N–H and O–H groups in total. The van der Waals surface area contributed by atoms with Crippen molar-refractivity contribution in [2.24, 2.45) is 5.41 Å². The normalized spacial score (nSPS) is 11.9. The van der Waals surface area contributed by atoms with Gasteiger partial charge in [-0.15, -0.1) is 0 Å². The monoisotopic (exact) mass is 243 g/mol. The van der Waals surface area contributed by atoms with Gasteiger partial charge < -0.3 is 16.0 Å². The van der Waals surface area contributed by atoms with Gasteiger partial charge in [-0.1, -0.05) is 13.8 Å². The zero-order valence-electron chi connectivity index (χ0n) is 11.7. The summed E-state index contributed by atoms with van der Waals surface area (Å²) in [6, 6.07) is -0.185. The van der Waals surface area contributed by atoms with Gasteiger partial charge in [0.15, 0.2) is 0 Å². The second-order valence-electron chi connectivity index (χ2n) is 5.84. The van der Waals surface area contributed by atoms with Crippen LogP contribution in [0.1, 0.15) is 41.0 Å². The molecule has 0 radical (unpaired) electrons. The molecular weight excluding hydrogens is 218 g/mol. The van der Waals surface area contributed by atoms with E-state index in [1.165, 1.54) is 6.92 Å². The second-order valence-corrected chi connectivity index (χ2v) is 5.84. The molecule has 0 saturated carbocycles. The third-order valence-electron chi connectivity index (χ3n) is 2.39. The highest BCUT2D eigenvalue weighted by Crippen LogP contribution is 2.27. The number of nitrogens with one attached hydrogen (secondary N) is 3. The van der Waals surface area contributed by atoms with Crippen LogP contribution in [0, 0.1) is 5.41 Å². The highest BCUT2D eigenvalue weighted by Gasteiger charge is 2.29. The number of rotatable bonds is 5. The van der Waals surface area contributed by atoms with E-state index in [-0.39, 0.29) is 22.9 Å². The van der Waals surface area contributed by atoms with Gasteiger partial charge in [0.25, 0.3) is 0 Å². The lowest BCUT2D eigenvalue weighted by atomic mass is 9.80. The van der Waals surface area contributed by atoms with Crippen molar-refractivity contribution in [1.29, 1.82) is 0 Å². The van der Waals surface area contributed by atoms with Crippen LogP contribution in [-0.2, 0) is 4.79 Å². The van der Waals surface area contributed by atoms with Crippen molar-refractivity contribution in [3.63, 3.8) is 0 Å². The molecule has 0 spiro atoms. The molecule has 0 aliphatic rings. The van der Waals surface area contributed by atoms with Gasteiger partial charge in [-0.25, -0.2) is 4.79 Å². The summed E-state index contributed by atoms with van der Waals surface area (Å²) in [5.41, 5.74) is -0.363. The van der Waals surface area contributed by atoms with Crippen molar-refractivity contribution in [1.82, 2.24) is 16.0 Å². The van der Waals surface area contributed by atoms with Gasteiger partial charge in [0.05, 0.1) is 0 Å². The van der Waals surface area contributed by atoms with Gasteiger partial charge in [0.1, 0.15) is 0 Å². The highest BCUT2D eigenvalue weighted by molar-refractivity contribution is 5.74. The summed E-state index contributed by atoms with van der Waals surface area (Å²) in [5, 5.41) is 8.21. The molecule has 5 nitrogen and oxygen atoms in total. The van der Waals surface area contributed by atoms with Crippen LogP contribution in [0.15, 0.2) is 0 Å². The first kappa shape index (κ1) is 15.7. The topological polar surface area (TPSA) is 70.2 Å². The van der Waals surface area contributed by atoms with Crippen molar-refractivity contribution >= 4 is 11.9 Å². The van der Waals surface area contributed by atoms with Gasteiger partial charge >= 0.3 is 6.03 Å². The van der Waals surface area contributed by atoms with Gasteiger partial charge in [0, 0.05) is 26.1 Å². The third kappa shape index (κ3) is 7.60. The Morgan fingerprint density at radius 2 is 1.65 bits per heavy atom. The minimum absolute atomic E-state index is 0.0370. The Hall–Kier alpha value is -1.26. The molecule has 0 aliphatic carbocycles. The van der Waals surface area contributed by atoms with Crippen LogP contribution in [0.5, 0.6) is 0 Å². The largest absolute Gasteiger partial charge is 0.351 e. The van der Waals surface area contributed by atoms with E-state index in [0.29, 0.717) is 6.54 Å². The number of carbonyl (C=O) groups is 2. The maximum absolute atomic E-state index is 11.1. The summed E-state index contributed by atoms with van der Waals surface area (Å²) in [4.78, 5) is 22.2. The molecule has 0 aromatic heterocycles. The van der Waals surface area contributed by atoms with Gasteiger partial charge in [0.2, 0.25) is 5.91 Å². The molecule has 0 heterocycles. The van der Waals surface area contributed by atoms with E-state index in [1.807, 2.05) is 13.8 Å². The molecule has 5 heteroatoms. The van der Waals surface area contributed by atoms with Crippen molar-refractivity contribution in [3.05, 3.63) is 0 Å². The predicted octanol–water partition coefficient (Wildman–Crippen LogP) is 1.25. The van der Waals surface area contributed by atoms with Crippen LogP contribution < -0.4 is 16.0 Å². The van der Waals surface area contributed by atoms with E-state index in [2.05, 4.69) is 29.8 Å². The Bertz CT molecular complexity index is 285. The van der Waals surface area contributed by atoms with Crippen molar-refractivity contribution < 1.29 is 9.59 Å². The quantitative estimate of drug-likeness (QED) is 0.680. The SMILES string of the molecule is CNC(=O)NCC(C)(C)CC(C)(C)NC(C)=O. The predicted molar refractivity (Wildman–Crippen MR) is 68.8 cm³/mol. The lowest BCUT2D eigenvalue weighted by Crippen LogP contribution is -2.48. The minimum Gasteiger partial charge on any atom is -0.351 e. The first-order chi connectivity index (χ1) is 7.58. The Morgan fingerprint density at radius 1 is 1.12 bits per heavy atom. The lowest BCUT2D eigenvalue weighted by molar-refractivity contribution is -0.120. The molecule has 0 fully saturated rings. The zero-order valence-corrected chi connectivity index (χ0v) is 11.7. The minimum atomic E-state index is -0.278. The average Bonchev–Trinajstić information content (AvgIpc) is 2.10. The average molecular weight is 243 g/mol. The summed E-state index contributed by atoms with van der Waals surface area (Å²) in [6.07, 6.45) is 0.781.